The highest BCUT2D eigenvalue weighted by atomic mass is 19.1. The molecule has 1 nitrogen and oxygen atoms in total. The number of nitriles is 1. The van der Waals surface area contributed by atoms with Gasteiger partial charge in [-0.3, -0.25) is 0 Å². The minimum absolute atomic E-state index is 0.227. The third-order valence-corrected chi connectivity index (χ3v) is 2.38. The van der Waals surface area contributed by atoms with Crippen LogP contribution in [-0.4, -0.2) is 0 Å². The Labute approximate surface area is 93.8 Å². The smallest absolute Gasteiger partial charge is 0.123 e. The molecule has 2 aromatic carbocycles. The van der Waals surface area contributed by atoms with Crippen molar-refractivity contribution in [2.75, 3.05) is 0 Å². The van der Waals surface area contributed by atoms with Gasteiger partial charge in [0.05, 0.1) is 11.6 Å². The molecule has 0 N–H and O–H groups in total. The molecule has 0 aliphatic rings. The summed E-state index contributed by atoms with van der Waals surface area (Å²) in [5, 5.41) is 8.76. The predicted octanol–water partition coefficient (Wildman–Crippen LogP) is 3.29. The van der Waals surface area contributed by atoms with Crippen molar-refractivity contribution in [1.29, 1.82) is 5.26 Å². The summed E-state index contributed by atoms with van der Waals surface area (Å²) in [5.41, 5.74) is 2.75. The predicted molar refractivity (Wildman–Crippen MR) is 60.4 cm³/mol. The van der Waals surface area contributed by atoms with E-state index < -0.39 is 0 Å². The Morgan fingerprint density at radius 1 is 1.00 bits per heavy atom. The van der Waals surface area contributed by atoms with Gasteiger partial charge in [0.2, 0.25) is 0 Å². The van der Waals surface area contributed by atoms with E-state index in [-0.39, 0.29) is 5.82 Å². The van der Waals surface area contributed by atoms with Crippen molar-refractivity contribution in [1.82, 2.24) is 0 Å². The molecule has 0 saturated carbocycles. The van der Waals surface area contributed by atoms with E-state index in [1.807, 2.05) is 18.2 Å². The SMILES string of the molecule is N#Cc1cccc(Cc2ccc(F)cc2)c1. The van der Waals surface area contributed by atoms with Crippen LogP contribution in [0.3, 0.4) is 0 Å². The standard InChI is InChI=1S/C14H10FN/c15-14-6-4-11(5-7-14)8-12-2-1-3-13(9-12)10-16/h1-7,9H,8H2. The first kappa shape index (κ1) is 10.4. The van der Waals surface area contributed by atoms with Crippen LogP contribution in [0, 0.1) is 17.1 Å². The van der Waals surface area contributed by atoms with Crippen LogP contribution in [0.1, 0.15) is 16.7 Å². The summed E-state index contributed by atoms with van der Waals surface area (Å²) in [7, 11) is 0. The van der Waals surface area contributed by atoms with Crippen molar-refractivity contribution in [2.24, 2.45) is 0 Å². The van der Waals surface area contributed by atoms with E-state index in [2.05, 4.69) is 6.07 Å². The summed E-state index contributed by atoms with van der Waals surface area (Å²) in [6.07, 6.45) is 0.718. The molecule has 2 rings (SSSR count). The molecule has 0 aliphatic heterocycles. The van der Waals surface area contributed by atoms with E-state index >= 15 is 0 Å². The van der Waals surface area contributed by atoms with E-state index in [0.29, 0.717) is 5.56 Å². The zero-order valence-electron chi connectivity index (χ0n) is 8.65. The maximum absolute atomic E-state index is 12.7. The first-order valence-electron chi connectivity index (χ1n) is 5.01. The molecule has 0 radical (unpaired) electrons. The fourth-order valence-electron chi connectivity index (χ4n) is 1.59. The lowest BCUT2D eigenvalue weighted by molar-refractivity contribution is 0.627. The monoisotopic (exact) mass is 211 g/mol. The molecule has 16 heavy (non-hydrogen) atoms. The number of hydrogen-bond acceptors (Lipinski definition) is 1. The molecule has 0 spiro atoms. The molecule has 78 valence electrons. The van der Waals surface area contributed by atoms with Gasteiger partial charge in [-0.15, -0.1) is 0 Å². The number of nitrogens with zero attached hydrogens (tertiary/aromatic N) is 1. The number of benzene rings is 2. The zero-order chi connectivity index (χ0) is 11.4. The van der Waals surface area contributed by atoms with Crippen LogP contribution in [0.15, 0.2) is 48.5 Å². The molecule has 0 aromatic heterocycles. The average Bonchev–Trinajstić information content (AvgIpc) is 2.32. The topological polar surface area (TPSA) is 23.8 Å². The molecular weight excluding hydrogens is 201 g/mol. The Morgan fingerprint density at radius 2 is 1.75 bits per heavy atom. The van der Waals surface area contributed by atoms with Crippen LogP contribution >= 0.6 is 0 Å². The van der Waals surface area contributed by atoms with Gasteiger partial charge in [-0.25, -0.2) is 4.39 Å². The molecule has 2 heteroatoms. The van der Waals surface area contributed by atoms with Crippen molar-refractivity contribution in [3.63, 3.8) is 0 Å². The van der Waals surface area contributed by atoms with Crippen molar-refractivity contribution in [3.05, 3.63) is 71.0 Å². The Hall–Kier alpha value is -2.14. The Kier molecular flexibility index (Phi) is 2.98. The number of hydrogen-bond donors (Lipinski definition) is 0. The molecular formula is C14H10FN. The lowest BCUT2D eigenvalue weighted by atomic mass is 10.0. The first-order valence-corrected chi connectivity index (χ1v) is 5.01. The third kappa shape index (κ3) is 2.46. The van der Waals surface area contributed by atoms with Gasteiger partial charge in [0.25, 0.3) is 0 Å². The molecule has 0 bridgehead atoms. The van der Waals surface area contributed by atoms with E-state index in [9.17, 15) is 4.39 Å². The highest BCUT2D eigenvalue weighted by Crippen LogP contribution is 2.11. The molecule has 0 heterocycles. The quantitative estimate of drug-likeness (QED) is 0.747. The van der Waals surface area contributed by atoms with Gasteiger partial charge in [-0.05, 0) is 41.8 Å². The second kappa shape index (κ2) is 4.59. The van der Waals surface area contributed by atoms with Crippen molar-refractivity contribution in [3.8, 4) is 6.07 Å². The summed E-state index contributed by atoms with van der Waals surface area (Å²) in [5.74, 6) is -0.227. The highest BCUT2D eigenvalue weighted by molar-refractivity contribution is 5.35. The van der Waals surface area contributed by atoms with Crippen molar-refractivity contribution < 1.29 is 4.39 Å². The van der Waals surface area contributed by atoms with Gasteiger partial charge in [0.15, 0.2) is 0 Å². The fraction of sp³-hybridized carbons (Fsp3) is 0.0714. The summed E-state index contributed by atoms with van der Waals surface area (Å²) >= 11 is 0. The van der Waals surface area contributed by atoms with Crippen LogP contribution in [0.4, 0.5) is 4.39 Å². The molecule has 0 aliphatic carbocycles. The normalized spacial score (nSPS) is 9.75. The molecule has 0 unspecified atom stereocenters. The van der Waals surface area contributed by atoms with E-state index in [1.54, 1.807) is 18.2 Å². The summed E-state index contributed by atoms with van der Waals surface area (Å²) < 4.78 is 12.7. The second-order valence-corrected chi connectivity index (χ2v) is 3.62. The number of halogens is 1. The Morgan fingerprint density at radius 3 is 2.44 bits per heavy atom. The summed E-state index contributed by atoms with van der Waals surface area (Å²) in [4.78, 5) is 0. The van der Waals surface area contributed by atoms with E-state index in [1.165, 1.54) is 12.1 Å². The van der Waals surface area contributed by atoms with Crippen LogP contribution in [0.25, 0.3) is 0 Å². The number of rotatable bonds is 2. The van der Waals surface area contributed by atoms with Gasteiger partial charge in [-0.2, -0.15) is 5.26 Å². The largest absolute Gasteiger partial charge is 0.207 e. The van der Waals surface area contributed by atoms with E-state index in [4.69, 9.17) is 5.26 Å². The van der Waals surface area contributed by atoms with Crippen molar-refractivity contribution >= 4 is 0 Å². The zero-order valence-corrected chi connectivity index (χ0v) is 8.65. The van der Waals surface area contributed by atoms with Gasteiger partial charge < -0.3 is 0 Å². The first-order chi connectivity index (χ1) is 7.78. The van der Waals surface area contributed by atoms with Gasteiger partial charge >= 0.3 is 0 Å². The fourth-order valence-corrected chi connectivity index (χ4v) is 1.59. The Bertz CT molecular complexity index is 523. The van der Waals surface area contributed by atoms with Gasteiger partial charge in [0.1, 0.15) is 5.82 Å². The minimum atomic E-state index is -0.227. The molecule has 0 fully saturated rings. The average molecular weight is 211 g/mol. The molecule has 0 atom stereocenters. The second-order valence-electron chi connectivity index (χ2n) is 3.62. The molecule has 0 saturated heterocycles. The van der Waals surface area contributed by atoms with Crippen LogP contribution in [-0.2, 0) is 6.42 Å². The maximum Gasteiger partial charge on any atom is 0.123 e. The minimum Gasteiger partial charge on any atom is -0.207 e. The lowest BCUT2D eigenvalue weighted by Gasteiger charge is -2.02. The van der Waals surface area contributed by atoms with E-state index in [0.717, 1.165) is 17.5 Å². The lowest BCUT2D eigenvalue weighted by Crippen LogP contribution is -1.89. The molecule has 2 aromatic rings. The summed E-state index contributed by atoms with van der Waals surface area (Å²) in [6.45, 7) is 0. The van der Waals surface area contributed by atoms with Crippen LogP contribution in [0.5, 0.6) is 0 Å². The van der Waals surface area contributed by atoms with Gasteiger partial charge in [0, 0.05) is 0 Å². The third-order valence-electron chi connectivity index (χ3n) is 2.38. The van der Waals surface area contributed by atoms with Gasteiger partial charge in [-0.1, -0.05) is 24.3 Å². The Balaban J connectivity index is 2.21. The van der Waals surface area contributed by atoms with Crippen molar-refractivity contribution in [2.45, 2.75) is 6.42 Å². The highest BCUT2D eigenvalue weighted by Gasteiger charge is 1.98. The maximum atomic E-state index is 12.7. The summed E-state index contributed by atoms with van der Waals surface area (Å²) in [6, 6.07) is 16.0. The van der Waals surface area contributed by atoms with Crippen LogP contribution < -0.4 is 0 Å². The molecule has 0 amide bonds. The van der Waals surface area contributed by atoms with Crippen LogP contribution in [0.2, 0.25) is 0 Å².